The quantitative estimate of drug-likeness (QED) is 0.921. The summed E-state index contributed by atoms with van der Waals surface area (Å²) >= 11 is 6.12. The van der Waals surface area contributed by atoms with Crippen molar-refractivity contribution in [2.45, 2.75) is 37.5 Å². The summed E-state index contributed by atoms with van der Waals surface area (Å²) in [6, 6.07) is 3.31. The highest BCUT2D eigenvalue weighted by Crippen LogP contribution is 2.49. The Labute approximate surface area is 125 Å². The zero-order valence-corrected chi connectivity index (χ0v) is 12.0. The molecule has 1 aliphatic heterocycles. The van der Waals surface area contributed by atoms with E-state index < -0.39 is 11.7 Å². The molecular formula is C14H15ClF3NO2. The van der Waals surface area contributed by atoms with Crippen LogP contribution in [0.4, 0.5) is 13.2 Å². The predicted octanol–water partition coefficient (Wildman–Crippen LogP) is 3.69. The molecule has 1 aromatic carbocycles. The Bertz CT molecular complexity index is 544. The summed E-state index contributed by atoms with van der Waals surface area (Å²) in [7, 11) is 0. The lowest BCUT2D eigenvalue weighted by atomic mass is 10.1. The number of halogens is 4. The molecule has 0 atom stereocenters. The SMILES string of the molecule is FC(F)(F)C1(NCc2cc(Cl)c3c(c2)OCCCO3)CC1. The highest BCUT2D eigenvalue weighted by Gasteiger charge is 2.62. The third-order valence-corrected chi connectivity index (χ3v) is 4.07. The lowest BCUT2D eigenvalue weighted by molar-refractivity contribution is -0.166. The van der Waals surface area contributed by atoms with Gasteiger partial charge < -0.3 is 9.47 Å². The van der Waals surface area contributed by atoms with E-state index >= 15 is 0 Å². The minimum absolute atomic E-state index is 0.0931. The molecule has 21 heavy (non-hydrogen) atoms. The van der Waals surface area contributed by atoms with Crippen LogP contribution < -0.4 is 14.8 Å². The standard InChI is InChI=1S/C14H15ClF3NO2/c15-10-6-9(7-11-12(10)21-5-1-4-20-11)8-19-13(2-3-13)14(16,17)18/h6-7,19H,1-5,8H2. The summed E-state index contributed by atoms with van der Waals surface area (Å²) in [4.78, 5) is 0. The van der Waals surface area contributed by atoms with Crippen LogP contribution in [0.15, 0.2) is 12.1 Å². The van der Waals surface area contributed by atoms with Crippen LogP contribution in [0.25, 0.3) is 0 Å². The zero-order chi connectivity index (χ0) is 15.1. The van der Waals surface area contributed by atoms with Crippen molar-refractivity contribution < 1.29 is 22.6 Å². The number of rotatable bonds is 3. The van der Waals surface area contributed by atoms with Crippen LogP contribution in [-0.2, 0) is 6.54 Å². The molecule has 0 aromatic heterocycles. The summed E-state index contributed by atoms with van der Waals surface area (Å²) in [5.41, 5.74) is -1.08. The predicted molar refractivity (Wildman–Crippen MR) is 71.9 cm³/mol. The molecular weight excluding hydrogens is 307 g/mol. The van der Waals surface area contributed by atoms with Gasteiger partial charge in [0, 0.05) is 13.0 Å². The van der Waals surface area contributed by atoms with Gasteiger partial charge in [0.2, 0.25) is 0 Å². The summed E-state index contributed by atoms with van der Waals surface area (Å²) in [5, 5.41) is 2.96. The summed E-state index contributed by atoms with van der Waals surface area (Å²) < 4.78 is 49.6. The van der Waals surface area contributed by atoms with E-state index in [9.17, 15) is 13.2 Å². The molecule has 2 aliphatic rings. The van der Waals surface area contributed by atoms with Crippen LogP contribution in [0.1, 0.15) is 24.8 Å². The van der Waals surface area contributed by atoms with Gasteiger partial charge >= 0.3 is 6.18 Å². The number of hydrogen-bond donors (Lipinski definition) is 1. The highest BCUT2D eigenvalue weighted by molar-refractivity contribution is 6.32. The molecule has 1 heterocycles. The first-order chi connectivity index (χ1) is 9.91. The minimum atomic E-state index is -4.22. The van der Waals surface area contributed by atoms with Crippen molar-refractivity contribution in [3.8, 4) is 11.5 Å². The van der Waals surface area contributed by atoms with Gasteiger partial charge in [0.15, 0.2) is 11.5 Å². The van der Waals surface area contributed by atoms with Gasteiger partial charge in [-0.3, -0.25) is 5.32 Å². The molecule has 1 fully saturated rings. The Kier molecular flexibility index (Phi) is 3.69. The van der Waals surface area contributed by atoms with Gasteiger partial charge in [-0.05, 0) is 30.5 Å². The van der Waals surface area contributed by atoms with Gasteiger partial charge in [-0.1, -0.05) is 11.6 Å². The van der Waals surface area contributed by atoms with E-state index in [0.717, 1.165) is 6.42 Å². The van der Waals surface area contributed by atoms with Crippen molar-refractivity contribution in [2.24, 2.45) is 0 Å². The molecule has 3 rings (SSSR count). The number of fused-ring (bicyclic) bond motifs is 1. The first-order valence-electron chi connectivity index (χ1n) is 6.81. The lowest BCUT2D eigenvalue weighted by Gasteiger charge is -2.21. The average Bonchev–Trinajstić information content (AvgIpc) is 3.20. The molecule has 0 bridgehead atoms. The fourth-order valence-corrected chi connectivity index (χ4v) is 2.63. The maximum Gasteiger partial charge on any atom is 0.406 e. The van der Waals surface area contributed by atoms with Crippen LogP contribution in [0.5, 0.6) is 11.5 Å². The Balaban J connectivity index is 1.75. The number of ether oxygens (including phenoxy) is 2. The molecule has 1 aliphatic carbocycles. The summed E-state index contributed by atoms with van der Waals surface area (Å²) in [6.07, 6.45) is -3.23. The molecule has 0 unspecified atom stereocenters. The van der Waals surface area contributed by atoms with Crippen LogP contribution in [0.2, 0.25) is 5.02 Å². The highest BCUT2D eigenvalue weighted by atomic mass is 35.5. The fourth-order valence-electron chi connectivity index (χ4n) is 2.34. The van der Waals surface area contributed by atoms with Gasteiger partial charge in [-0.2, -0.15) is 13.2 Å². The van der Waals surface area contributed by atoms with Gasteiger partial charge in [-0.15, -0.1) is 0 Å². The Morgan fingerprint density at radius 3 is 2.57 bits per heavy atom. The second kappa shape index (κ2) is 5.25. The van der Waals surface area contributed by atoms with Crippen molar-refractivity contribution in [1.29, 1.82) is 0 Å². The molecule has 1 aromatic rings. The number of hydrogen-bond acceptors (Lipinski definition) is 3. The van der Waals surface area contributed by atoms with Gasteiger partial charge in [-0.25, -0.2) is 0 Å². The van der Waals surface area contributed by atoms with Gasteiger partial charge in [0.25, 0.3) is 0 Å². The lowest BCUT2D eigenvalue weighted by Crippen LogP contribution is -2.44. The second-order valence-corrected chi connectivity index (χ2v) is 5.80. The molecule has 0 radical (unpaired) electrons. The monoisotopic (exact) mass is 321 g/mol. The summed E-state index contributed by atoms with van der Waals surface area (Å²) in [6.45, 7) is 1.12. The van der Waals surface area contributed by atoms with Crippen molar-refractivity contribution in [3.63, 3.8) is 0 Å². The number of benzene rings is 1. The number of nitrogens with one attached hydrogen (secondary N) is 1. The van der Waals surface area contributed by atoms with E-state index in [0.29, 0.717) is 35.3 Å². The molecule has 1 saturated carbocycles. The van der Waals surface area contributed by atoms with Crippen LogP contribution >= 0.6 is 11.6 Å². The van der Waals surface area contributed by atoms with Gasteiger partial charge in [0.05, 0.1) is 18.2 Å². The topological polar surface area (TPSA) is 30.5 Å². The van der Waals surface area contributed by atoms with E-state index in [1.165, 1.54) is 0 Å². The third-order valence-electron chi connectivity index (χ3n) is 3.79. The van der Waals surface area contributed by atoms with E-state index in [1.54, 1.807) is 12.1 Å². The number of alkyl halides is 3. The fraction of sp³-hybridized carbons (Fsp3) is 0.571. The molecule has 0 amide bonds. The van der Waals surface area contributed by atoms with Gasteiger partial charge in [0.1, 0.15) is 5.54 Å². The Hall–Kier alpha value is -1.14. The molecule has 7 heteroatoms. The van der Waals surface area contributed by atoms with Crippen molar-refractivity contribution >= 4 is 11.6 Å². The zero-order valence-electron chi connectivity index (χ0n) is 11.2. The van der Waals surface area contributed by atoms with Crippen molar-refractivity contribution in [2.75, 3.05) is 13.2 Å². The van der Waals surface area contributed by atoms with Crippen molar-refractivity contribution in [3.05, 3.63) is 22.7 Å². The van der Waals surface area contributed by atoms with E-state index in [4.69, 9.17) is 21.1 Å². The molecule has 3 nitrogen and oxygen atoms in total. The van der Waals surface area contributed by atoms with E-state index in [-0.39, 0.29) is 19.4 Å². The van der Waals surface area contributed by atoms with Crippen LogP contribution in [0.3, 0.4) is 0 Å². The molecule has 1 N–H and O–H groups in total. The smallest absolute Gasteiger partial charge is 0.406 e. The first kappa shape index (κ1) is 14.8. The largest absolute Gasteiger partial charge is 0.489 e. The summed E-state index contributed by atoms with van der Waals surface area (Å²) in [5.74, 6) is 0.962. The second-order valence-electron chi connectivity index (χ2n) is 5.39. The van der Waals surface area contributed by atoms with Crippen LogP contribution in [-0.4, -0.2) is 24.9 Å². The third kappa shape index (κ3) is 2.92. The maximum absolute atomic E-state index is 12.9. The normalized spacial score (nSPS) is 20.0. The van der Waals surface area contributed by atoms with E-state index in [1.807, 2.05) is 0 Å². The molecule has 116 valence electrons. The maximum atomic E-state index is 12.9. The van der Waals surface area contributed by atoms with Crippen molar-refractivity contribution in [1.82, 2.24) is 5.32 Å². The molecule has 0 saturated heterocycles. The van der Waals surface area contributed by atoms with Crippen LogP contribution in [0, 0.1) is 0 Å². The Morgan fingerprint density at radius 2 is 1.90 bits per heavy atom. The van der Waals surface area contributed by atoms with E-state index in [2.05, 4.69) is 5.32 Å². The first-order valence-corrected chi connectivity index (χ1v) is 7.19. The average molecular weight is 322 g/mol. The molecule has 0 spiro atoms. The minimum Gasteiger partial charge on any atom is -0.489 e. The Morgan fingerprint density at radius 1 is 1.19 bits per heavy atom.